The lowest BCUT2D eigenvalue weighted by atomic mass is 10.1. The van der Waals surface area contributed by atoms with Crippen LogP contribution < -0.4 is 15.4 Å². The van der Waals surface area contributed by atoms with E-state index in [-0.39, 0.29) is 12.5 Å². The number of aliphatic imine (C=N–C) groups is 1. The molecule has 2 rings (SSSR count). The maximum Gasteiger partial charge on any atom is 0.257 e. The number of hydrogen-bond acceptors (Lipinski definition) is 4. The molecule has 1 aromatic rings. The van der Waals surface area contributed by atoms with Crippen molar-refractivity contribution in [2.24, 2.45) is 4.99 Å². The van der Waals surface area contributed by atoms with Crippen LogP contribution in [-0.4, -0.2) is 62.3 Å². The average Bonchev–Trinajstić information content (AvgIpc) is 2.71. The Labute approximate surface area is 168 Å². The van der Waals surface area contributed by atoms with Crippen molar-refractivity contribution in [1.82, 2.24) is 15.5 Å². The van der Waals surface area contributed by atoms with Crippen molar-refractivity contribution >= 4 is 11.9 Å². The average molecular weight is 391 g/mol. The summed E-state index contributed by atoms with van der Waals surface area (Å²) in [5, 5.41) is 6.11. The molecule has 0 unspecified atom stereocenters. The van der Waals surface area contributed by atoms with Crippen LogP contribution in [0.15, 0.2) is 29.3 Å². The lowest BCUT2D eigenvalue weighted by molar-refractivity contribution is -0.122. The van der Waals surface area contributed by atoms with Gasteiger partial charge in [0.05, 0.1) is 12.6 Å². The second-order valence-electron chi connectivity index (χ2n) is 6.70. The first kappa shape index (κ1) is 22.0. The number of ether oxygens (including phenoxy) is 2. The summed E-state index contributed by atoms with van der Waals surface area (Å²) in [4.78, 5) is 18.6. The molecule has 1 heterocycles. The monoisotopic (exact) mass is 390 g/mol. The van der Waals surface area contributed by atoms with E-state index in [9.17, 15) is 4.79 Å². The Morgan fingerprint density at radius 3 is 2.61 bits per heavy atom. The third kappa shape index (κ3) is 7.38. The number of likely N-dealkylation sites (N-methyl/N-ethyl adjacent to an activating group) is 1. The van der Waals surface area contributed by atoms with Gasteiger partial charge >= 0.3 is 0 Å². The van der Waals surface area contributed by atoms with E-state index in [2.05, 4.69) is 22.5 Å². The molecule has 1 aliphatic heterocycles. The second-order valence-corrected chi connectivity index (χ2v) is 6.70. The van der Waals surface area contributed by atoms with Crippen LogP contribution in [-0.2, 0) is 16.1 Å². The summed E-state index contributed by atoms with van der Waals surface area (Å²) in [6, 6.07) is 7.75. The maximum absolute atomic E-state index is 11.5. The molecule has 7 nitrogen and oxygen atoms in total. The van der Waals surface area contributed by atoms with Crippen LogP contribution in [0.25, 0.3) is 0 Å². The predicted octanol–water partition coefficient (Wildman–Crippen LogP) is 2.17. The van der Waals surface area contributed by atoms with Gasteiger partial charge in [0, 0.05) is 32.8 Å². The van der Waals surface area contributed by atoms with Gasteiger partial charge in [-0.1, -0.05) is 12.1 Å². The summed E-state index contributed by atoms with van der Waals surface area (Å²) in [6.07, 6.45) is 2.42. The molecule has 1 fully saturated rings. The summed E-state index contributed by atoms with van der Waals surface area (Å²) in [5.74, 6) is 1.50. The first-order valence-corrected chi connectivity index (χ1v) is 10.3. The Bertz CT molecular complexity index is 628. The first-order chi connectivity index (χ1) is 13.7. The summed E-state index contributed by atoms with van der Waals surface area (Å²) in [5.41, 5.74) is 1.05. The van der Waals surface area contributed by atoms with E-state index in [1.165, 1.54) is 0 Å². The molecule has 28 heavy (non-hydrogen) atoms. The molecule has 0 bridgehead atoms. The zero-order valence-corrected chi connectivity index (χ0v) is 17.4. The summed E-state index contributed by atoms with van der Waals surface area (Å²) >= 11 is 0. The van der Waals surface area contributed by atoms with Crippen molar-refractivity contribution in [3.8, 4) is 5.75 Å². The zero-order valence-electron chi connectivity index (χ0n) is 17.4. The number of nitrogens with zero attached hydrogens (tertiary/aromatic N) is 2. The fourth-order valence-corrected chi connectivity index (χ4v) is 3.19. The number of carbonyl (C=O) groups excluding carboxylic acids is 1. The highest BCUT2D eigenvalue weighted by atomic mass is 16.5. The fourth-order valence-electron chi connectivity index (χ4n) is 3.19. The van der Waals surface area contributed by atoms with Crippen LogP contribution >= 0.6 is 0 Å². The number of piperidine rings is 1. The zero-order chi connectivity index (χ0) is 20.2. The van der Waals surface area contributed by atoms with Crippen LogP contribution in [0.3, 0.4) is 0 Å². The van der Waals surface area contributed by atoms with Crippen molar-refractivity contribution in [1.29, 1.82) is 0 Å². The molecule has 1 amide bonds. The molecular weight excluding hydrogens is 356 g/mol. The number of guanidine groups is 1. The normalized spacial score (nSPS) is 15.4. The van der Waals surface area contributed by atoms with Gasteiger partial charge < -0.3 is 25.0 Å². The van der Waals surface area contributed by atoms with Crippen LogP contribution in [0.2, 0.25) is 0 Å². The summed E-state index contributed by atoms with van der Waals surface area (Å²) in [7, 11) is 0. The Balaban J connectivity index is 1.93. The standard InChI is InChI=1S/C21H34N4O3/c1-4-22-20(26)16-28-19-9-7-8-17(14-19)15-24-21(23-5-2)25-12-10-18(11-13-25)27-6-3/h7-9,14,18H,4-6,10-13,15-16H2,1-3H3,(H,22,26)(H,23,24). The van der Waals surface area contributed by atoms with Gasteiger partial charge in [0.15, 0.2) is 12.6 Å². The van der Waals surface area contributed by atoms with Crippen LogP contribution in [0, 0.1) is 0 Å². The summed E-state index contributed by atoms with van der Waals surface area (Å²) < 4.78 is 11.3. The fraction of sp³-hybridized carbons (Fsp3) is 0.619. The molecule has 0 aromatic heterocycles. The van der Waals surface area contributed by atoms with Gasteiger partial charge in [0.2, 0.25) is 0 Å². The lowest BCUT2D eigenvalue weighted by Gasteiger charge is -2.34. The number of hydrogen-bond donors (Lipinski definition) is 2. The van der Waals surface area contributed by atoms with Crippen LogP contribution in [0.5, 0.6) is 5.75 Å². The minimum absolute atomic E-state index is 0.0258. The topological polar surface area (TPSA) is 75.2 Å². The quantitative estimate of drug-likeness (QED) is 0.499. The van der Waals surface area contributed by atoms with E-state index in [1.807, 2.05) is 38.1 Å². The Morgan fingerprint density at radius 2 is 1.93 bits per heavy atom. The van der Waals surface area contributed by atoms with Gasteiger partial charge in [-0.3, -0.25) is 4.79 Å². The largest absolute Gasteiger partial charge is 0.484 e. The van der Waals surface area contributed by atoms with E-state index in [0.29, 0.717) is 24.9 Å². The number of rotatable bonds is 9. The number of carbonyl (C=O) groups is 1. The minimum Gasteiger partial charge on any atom is -0.484 e. The molecule has 0 spiro atoms. The van der Waals surface area contributed by atoms with Gasteiger partial charge in [0.1, 0.15) is 5.75 Å². The number of nitrogens with one attached hydrogen (secondary N) is 2. The van der Waals surface area contributed by atoms with Crippen molar-refractivity contribution in [3.63, 3.8) is 0 Å². The SMILES string of the molecule is CCNC(=O)COc1cccc(CN=C(NCC)N2CCC(OCC)CC2)c1. The van der Waals surface area contributed by atoms with Crippen LogP contribution in [0.1, 0.15) is 39.2 Å². The van der Waals surface area contributed by atoms with Crippen LogP contribution in [0.4, 0.5) is 0 Å². The molecule has 1 aliphatic rings. The molecule has 0 aliphatic carbocycles. The Kier molecular flexibility index (Phi) is 9.62. The third-order valence-electron chi connectivity index (χ3n) is 4.53. The van der Waals surface area contributed by atoms with E-state index in [0.717, 1.165) is 50.6 Å². The molecule has 1 aromatic carbocycles. The van der Waals surface area contributed by atoms with E-state index in [1.54, 1.807) is 0 Å². The van der Waals surface area contributed by atoms with Crippen molar-refractivity contribution < 1.29 is 14.3 Å². The van der Waals surface area contributed by atoms with Crippen molar-refractivity contribution in [3.05, 3.63) is 29.8 Å². The molecule has 1 saturated heterocycles. The Morgan fingerprint density at radius 1 is 1.18 bits per heavy atom. The molecule has 2 N–H and O–H groups in total. The smallest absolute Gasteiger partial charge is 0.257 e. The van der Waals surface area contributed by atoms with Gasteiger partial charge in [-0.05, 0) is 51.3 Å². The minimum atomic E-state index is -0.115. The first-order valence-electron chi connectivity index (χ1n) is 10.3. The molecule has 7 heteroatoms. The van der Waals surface area contributed by atoms with Crippen molar-refractivity contribution in [2.75, 3.05) is 39.4 Å². The third-order valence-corrected chi connectivity index (χ3v) is 4.53. The molecular formula is C21H34N4O3. The van der Waals surface area contributed by atoms with E-state index >= 15 is 0 Å². The molecule has 0 radical (unpaired) electrons. The van der Waals surface area contributed by atoms with E-state index < -0.39 is 0 Å². The number of amides is 1. The highest BCUT2D eigenvalue weighted by molar-refractivity contribution is 5.80. The second kappa shape index (κ2) is 12.2. The van der Waals surface area contributed by atoms with Gasteiger partial charge in [-0.15, -0.1) is 0 Å². The molecule has 0 saturated carbocycles. The molecule has 156 valence electrons. The predicted molar refractivity (Wildman–Crippen MR) is 112 cm³/mol. The van der Waals surface area contributed by atoms with Crippen molar-refractivity contribution in [2.45, 2.75) is 46.3 Å². The van der Waals surface area contributed by atoms with Gasteiger partial charge in [-0.25, -0.2) is 4.99 Å². The highest BCUT2D eigenvalue weighted by Gasteiger charge is 2.21. The van der Waals surface area contributed by atoms with E-state index in [4.69, 9.17) is 14.5 Å². The molecule has 0 atom stereocenters. The number of likely N-dealkylation sites (tertiary alicyclic amines) is 1. The summed E-state index contributed by atoms with van der Waals surface area (Å²) in [6.45, 7) is 10.7. The van der Waals surface area contributed by atoms with Gasteiger partial charge in [-0.2, -0.15) is 0 Å². The Hall–Kier alpha value is -2.28. The maximum atomic E-state index is 11.5. The number of benzene rings is 1. The highest BCUT2D eigenvalue weighted by Crippen LogP contribution is 2.16. The van der Waals surface area contributed by atoms with Gasteiger partial charge in [0.25, 0.3) is 5.91 Å². The lowest BCUT2D eigenvalue weighted by Crippen LogP contribution is -2.47.